The van der Waals surface area contributed by atoms with Gasteiger partial charge in [0.1, 0.15) is 18.2 Å². The van der Waals surface area contributed by atoms with E-state index in [9.17, 15) is 10.1 Å². The molecule has 0 radical (unpaired) electrons. The molecule has 1 saturated carbocycles. The maximum absolute atomic E-state index is 12.7. The standard InChI is InChI=1S/C18H28N6O/c19-13-18(8-4-1-2-5-9-18)22-17(25)12-23-10-6-3-7-16(23)11-24-15-20-14-21-24/h14-16H,1-12H2,(H,22,25)/t16-/m1/s1. The molecule has 1 aliphatic carbocycles. The molecular formula is C18H28N6O. The minimum Gasteiger partial charge on any atom is -0.337 e. The molecular weight excluding hydrogens is 316 g/mol. The lowest BCUT2D eigenvalue weighted by atomic mass is 9.91. The Hall–Kier alpha value is -1.94. The summed E-state index contributed by atoms with van der Waals surface area (Å²) in [7, 11) is 0. The number of nitrogens with zero attached hydrogens (tertiary/aromatic N) is 5. The first kappa shape index (κ1) is 17.9. The van der Waals surface area contributed by atoms with Crippen LogP contribution in [-0.4, -0.2) is 50.2 Å². The fourth-order valence-electron chi connectivity index (χ4n) is 4.11. The van der Waals surface area contributed by atoms with E-state index in [1.165, 1.54) is 6.42 Å². The summed E-state index contributed by atoms with van der Waals surface area (Å²) in [5.74, 6) is -0.0195. The lowest BCUT2D eigenvalue weighted by Gasteiger charge is -2.36. The molecule has 2 fully saturated rings. The van der Waals surface area contributed by atoms with E-state index in [4.69, 9.17) is 0 Å². The zero-order valence-corrected chi connectivity index (χ0v) is 14.9. The third kappa shape index (κ3) is 4.79. The van der Waals surface area contributed by atoms with Gasteiger partial charge in [0, 0.05) is 6.04 Å². The van der Waals surface area contributed by atoms with Gasteiger partial charge in [0.25, 0.3) is 0 Å². The van der Waals surface area contributed by atoms with Gasteiger partial charge in [-0.05, 0) is 32.2 Å². The molecule has 7 heteroatoms. The summed E-state index contributed by atoms with van der Waals surface area (Å²) in [5.41, 5.74) is -0.662. The van der Waals surface area contributed by atoms with Crippen molar-refractivity contribution in [3.05, 3.63) is 12.7 Å². The summed E-state index contributed by atoms with van der Waals surface area (Å²) in [6.07, 6.45) is 12.5. The molecule has 136 valence electrons. The Morgan fingerprint density at radius 3 is 2.72 bits per heavy atom. The van der Waals surface area contributed by atoms with Gasteiger partial charge in [-0.2, -0.15) is 10.4 Å². The SMILES string of the molecule is N#CC1(NC(=O)CN2CCCC[C@@H]2Cn2cncn2)CCCCCC1. The van der Waals surface area contributed by atoms with Gasteiger partial charge >= 0.3 is 0 Å². The number of carbonyl (C=O) groups excluding carboxylic acids is 1. The van der Waals surface area contributed by atoms with E-state index in [1.807, 2.05) is 4.68 Å². The lowest BCUT2D eigenvalue weighted by Crippen LogP contribution is -2.53. The van der Waals surface area contributed by atoms with E-state index in [2.05, 4.69) is 26.4 Å². The van der Waals surface area contributed by atoms with E-state index >= 15 is 0 Å². The van der Waals surface area contributed by atoms with Crippen LogP contribution in [-0.2, 0) is 11.3 Å². The van der Waals surface area contributed by atoms with Crippen molar-refractivity contribution in [3.8, 4) is 6.07 Å². The largest absolute Gasteiger partial charge is 0.337 e. The second kappa shape index (κ2) is 8.43. The summed E-state index contributed by atoms with van der Waals surface area (Å²) in [6, 6.07) is 2.70. The molecule has 1 saturated heterocycles. The highest BCUT2D eigenvalue weighted by molar-refractivity contribution is 5.79. The van der Waals surface area contributed by atoms with E-state index in [1.54, 1.807) is 12.7 Å². The summed E-state index contributed by atoms with van der Waals surface area (Å²) < 4.78 is 1.84. The van der Waals surface area contributed by atoms with E-state index < -0.39 is 5.54 Å². The highest BCUT2D eigenvalue weighted by Gasteiger charge is 2.33. The van der Waals surface area contributed by atoms with E-state index in [-0.39, 0.29) is 5.91 Å². The zero-order chi connectivity index (χ0) is 17.5. The maximum atomic E-state index is 12.7. The van der Waals surface area contributed by atoms with Crippen LogP contribution in [0.15, 0.2) is 12.7 Å². The van der Waals surface area contributed by atoms with Crippen molar-refractivity contribution in [1.29, 1.82) is 5.26 Å². The summed E-state index contributed by atoms with van der Waals surface area (Å²) in [6.45, 7) is 2.05. The molecule has 1 aromatic heterocycles. The number of nitrogens with one attached hydrogen (secondary N) is 1. The summed E-state index contributed by atoms with van der Waals surface area (Å²) >= 11 is 0. The Labute approximate surface area is 149 Å². The second-order valence-electron chi connectivity index (χ2n) is 7.39. The molecule has 1 amide bonds. The van der Waals surface area contributed by atoms with Crippen LogP contribution in [0.2, 0.25) is 0 Å². The number of rotatable bonds is 5. The van der Waals surface area contributed by atoms with Crippen molar-refractivity contribution in [2.75, 3.05) is 13.1 Å². The topological polar surface area (TPSA) is 86.8 Å². The first-order chi connectivity index (χ1) is 12.2. The molecule has 7 nitrogen and oxygen atoms in total. The van der Waals surface area contributed by atoms with Crippen LogP contribution in [0.4, 0.5) is 0 Å². The number of nitriles is 1. The van der Waals surface area contributed by atoms with Crippen molar-refractivity contribution in [3.63, 3.8) is 0 Å². The van der Waals surface area contributed by atoms with Crippen molar-refractivity contribution in [2.45, 2.75) is 75.9 Å². The van der Waals surface area contributed by atoms with Crippen molar-refractivity contribution >= 4 is 5.91 Å². The van der Waals surface area contributed by atoms with Crippen molar-refractivity contribution in [1.82, 2.24) is 25.0 Å². The molecule has 0 bridgehead atoms. The maximum Gasteiger partial charge on any atom is 0.235 e. The van der Waals surface area contributed by atoms with Gasteiger partial charge in [0.15, 0.2) is 0 Å². The van der Waals surface area contributed by atoms with Gasteiger partial charge in [0.05, 0.1) is 19.2 Å². The van der Waals surface area contributed by atoms with Gasteiger partial charge in [0.2, 0.25) is 5.91 Å². The molecule has 0 spiro atoms. The van der Waals surface area contributed by atoms with Gasteiger partial charge < -0.3 is 5.32 Å². The fraction of sp³-hybridized carbons (Fsp3) is 0.778. The molecule has 25 heavy (non-hydrogen) atoms. The Morgan fingerprint density at radius 1 is 1.24 bits per heavy atom. The van der Waals surface area contributed by atoms with Gasteiger partial charge in [-0.1, -0.05) is 32.1 Å². The third-order valence-electron chi connectivity index (χ3n) is 5.51. The second-order valence-corrected chi connectivity index (χ2v) is 7.39. The van der Waals surface area contributed by atoms with Gasteiger partial charge in [-0.15, -0.1) is 0 Å². The molecule has 0 unspecified atom stereocenters. The van der Waals surface area contributed by atoms with Crippen LogP contribution in [0.1, 0.15) is 57.8 Å². The number of aromatic nitrogens is 3. The smallest absolute Gasteiger partial charge is 0.235 e. The average Bonchev–Trinajstić information content (AvgIpc) is 3.01. The van der Waals surface area contributed by atoms with Crippen LogP contribution in [0.25, 0.3) is 0 Å². The fourth-order valence-corrected chi connectivity index (χ4v) is 4.11. The zero-order valence-electron chi connectivity index (χ0n) is 14.9. The highest BCUT2D eigenvalue weighted by atomic mass is 16.2. The number of amides is 1. The summed E-state index contributed by atoms with van der Waals surface area (Å²) in [5, 5.41) is 16.9. The molecule has 1 N–H and O–H groups in total. The van der Waals surface area contributed by atoms with Crippen LogP contribution >= 0.6 is 0 Å². The highest BCUT2D eigenvalue weighted by Crippen LogP contribution is 2.26. The number of carbonyl (C=O) groups is 1. The number of hydrogen-bond acceptors (Lipinski definition) is 5. The monoisotopic (exact) mass is 344 g/mol. The minimum absolute atomic E-state index is 0.0195. The van der Waals surface area contributed by atoms with Gasteiger partial charge in [-0.3, -0.25) is 14.4 Å². The predicted octanol–water partition coefficient (Wildman–Crippen LogP) is 1.87. The van der Waals surface area contributed by atoms with Gasteiger partial charge in [-0.25, -0.2) is 4.98 Å². The molecule has 2 heterocycles. The molecule has 1 aliphatic heterocycles. The minimum atomic E-state index is -0.662. The average molecular weight is 344 g/mol. The molecule has 2 aliphatic rings. The third-order valence-corrected chi connectivity index (χ3v) is 5.51. The van der Waals surface area contributed by atoms with E-state index in [0.717, 1.165) is 64.5 Å². The molecule has 1 atom stereocenters. The number of piperidine rings is 1. The van der Waals surface area contributed by atoms with Crippen LogP contribution in [0.3, 0.4) is 0 Å². The number of hydrogen-bond donors (Lipinski definition) is 1. The molecule has 3 rings (SSSR count). The Balaban J connectivity index is 1.58. The molecule has 0 aromatic carbocycles. The number of likely N-dealkylation sites (tertiary alicyclic amines) is 1. The molecule has 1 aromatic rings. The van der Waals surface area contributed by atoms with E-state index in [0.29, 0.717) is 12.6 Å². The first-order valence-electron chi connectivity index (χ1n) is 9.49. The van der Waals surface area contributed by atoms with Crippen LogP contribution in [0, 0.1) is 11.3 Å². The predicted molar refractivity (Wildman–Crippen MR) is 93.4 cm³/mol. The summed E-state index contributed by atoms with van der Waals surface area (Å²) in [4.78, 5) is 18.9. The van der Waals surface area contributed by atoms with Crippen molar-refractivity contribution in [2.24, 2.45) is 0 Å². The normalized spacial score (nSPS) is 24.2. The van der Waals surface area contributed by atoms with Crippen LogP contribution < -0.4 is 5.32 Å². The Kier molecular flexibility index (Phi) is 6.03. The lowest BCUT2D eigenvalue weighted by molar-refractivity contribution is -0.124. The van der Waals surface area contributed by atoms with Crippen molar-refractivity contribution < 1.29 is 4.79 Å². The Morgan fingerprint density at radius 2 is 2.04 bits per heavy atom. The van der Waals surface area contributed by atoms with Crippen LogP contribution in [0.5, 0.6) is 0 Å². The Bertz CT molecular complexity index is 585. The quantitative estimate of drug-likeness (QED) is 0.824. The first-order valence-corrected chi connectivity index (χ1v) is 9.49.